The third kappa shape index (κ3) is 6.00. The van der Waals surface area contributed by atoms with Gasteiger partial charge in [0, 0.05) is 23.9 Å². The first kappa shape index (κ1) is 20.3. The molecular weight excluding hydrogens is 350 g/mol. The predicted octanol–water partition coefficient (Wildman–Crippen LogP) is 3.04. The molecule has 0 heterocycles. The first-order valence-corrected chi connectivity index (χ1v) is 8.43. The van der Waals surface area contributed by atoms with E-state index in [1.807, 2.05) is 6.92 Å². The van der Waals surface area contributed by atoms with E-state index in [2.05, 4.69) is 5.32 Å². The normalized spacial score (nSPS) is 10.2. The van der Waals surface area contributed by atoms with Crippen molar-refractivity contribution in [3.63, 3.8) is 0 Å². The van der Waals surface area contributed by atoms with Crippen molar-refractivity contribution < 1.29 is 28.5 Å². The zero-order valence-corrected chi connectivity index (χ0v) is 15.6. The maximum atomic E-state index is 12.2. The average Bonchev–Trinajstić information content (AvgIpc) is 2.70. The molecule has 0 spiro atoms. The van der Waals surface area contributed by atoms with Crippen LogP contribution in [0.1, 0.15) is 22.8 Å². The standard InChI is InChI=1S/C20H23NO6/c1-4-26-12-15-10-14(8-9-18(15)25-3)20(23)27-13-19(22)21-16-6-5-7-17(11-16)24-2/h5-11H,4,12-13H2,1-3H3,(H,21,22). The quantitative estimate of drug-likeness (QED) is 0.680. The average molecular weight is 373 g/mol. The third-order valence-electron chi connectivity index (χ3n) is 3.67. The summed E-state index contributed by atoms with van der Waals surface area (Å²) in [6.45, 7) is 2.34. The van der Waals surface area contributed by atoms with Gasteiger partial charge in [-0.05, 0) is 37.3 Å². The van der Waals surface area contributed by atoms with Gasteiger partial charge in [-0.3, -0.25) is 4.79 Å². The van der Waals surface area contributed by atoms with Gasteiger partial charge in [-0.25, -0.2) is 4.79 Å². The summed E-state index contributed by atoms with van der Waals surface area (Å²) in [6.07, 6.45) is 0. The molecule has 144 valence electrons. The number of hydrogen-bond donors (Lipinski definition) is 1. The smallest absolute Gasteiger partial charge is 0.338 e. The number of anilines is 1. The van der Waals surface area contributed by atoms with Gasteiger partial charge in [-0.15, -0.1) is 0 Å². The van der Waals surface area contributed by atoms with Gasteiger partial charge in [0.05, 0.1) is 26.4 Å². The van der Waals surface area contributed by atoms with Crippen LogP contribution in [0, 0.1) is 0 Å². The molecule has 2 rings (SSSR count). The number of benzene rings is 2. The van der Waals surface area contributed by atoms with Crippen LogP contribution in [0.4, 0.5) is 5.69 Å². The lowest BCUT2D eigenvalue weighted by Crippen LogP contribution is -2.21. The SMILES string of the molecule is CCOCc1cc(C(=O)OCC(=O)Nc2cccc(OC)c2)ccc1OC. The lowest BCUT2D eigenvalue weighted by atomic mass is 10.1. The van der Waals surface area contributed by atoms with E-state index >= 15 is 0 Å². The highest BCUT2D eigenvalue weighted by Gasteiger charge is 2.13. The summed E-state index contributed by atoms with van der Waals surface area (Å²) >= 11 is 0. The molecule has 0 aliphatic heterocycles. The molecule has 0 saturated carbocycles. The summed E-state index contributed by atoms with van der Waals surface area (Å²) in [6, 6.07) is 11.8. The maximum absolute atomic E-state index is 12.2. The highest BCUT2D eigenvalue weighted by atomic mass is 16.5. The molecule has 0 bridgehead atoms. The van der Waals surface area contributed by atoms with E-state index in [9.17, 15) is 9.59 Å². The Morgan fingerprint density at radius 1 is 1.04 bits per heavy atom. The number of methoxy groups -OCH3 is 2. The van der Waals surface area contributed by atoms with Gasteiger partial charge in [-0.2, -0.15) is 0 Å². The summed E-state index contributed by atoms with van der Waals surface area (Å²) in [7, 11) is 3.09. The molecule has 0 fully saturated rings. The number of carbonyl (C=O) groups excluding carboxylic acids is 2. The highest BCUT2D eigenvalue weighted by molar-refractivity contribution is 5.95. The second-order valence-corrected chi connectivity index (χ2v) is 5.52. The van der Waals surface area contributed by atoms with E-state index in [0.717, 1.165) is 5.56 Å². The van der Waals surface area contributed by atoms with Crippen LogP contribution in [-0.4, -0.2) is 39.3 Å². The molecule has 0 aliphatic rings. The van der Waals surface area contributed by atoms with Crippen molar-refractivity contribution in [2.24, 2.45) is 0 Å². The Bertz CT molecular complexity index is 790. The number of ether oxygens (including phenoxy) is 4. The molecule has 0 radical (unpaired) electrons. The Morgan fingerprint density at radius 3 is 2.56 bits per heavy atom. The lowest BCUT2D eigenvalue weighted by Gasteiger charge is -2.11. The van der Waals surface area contributed by atoms with Crippen LogP contribution in [-0.2, 0) is 20.9 Å². The van der Waals surface area contributed by atoms with Gasteiger partial charge in [-0.1, -0.05) is 6.07 Å². The Kier molecular flexibility index (Phi) is 7.63. The van der Waals surface area contributed by atoms with E-state index in [-0.39, 0.29) is 0 Å². The minimum absolute atomic E-state index is 0.317. The number of amides is 1. The molecule has 2 aromatic rings. The zero-order chi connectivity index (χ0) is 19.6. The van der Waals surface area contributed by atoms with Gasteiger partial charge in [0.15, 0.2) is 6.61 Å². The van der Waals surface area contributed by atoms with Crippen LogP contribution in [0.5, 0.6) is 11.5 Å². The minimum atomic E-state index is -0.601. The first-order valence-electron chi connectivity index (χ1n) is 8.43. The van der Waals surface area contributed by atoms with Crippen LogP contribution in [0.25, 0.3) is 0 Å². The summed E-state index contributed by atoms with van der Waals surface area (Å²) in [5, 5.41) is 2.64. The topological polar surface area (TPSA) is 83.1 Å². The molecule has 7 heteroatoms. The minimum Gasteiger partial charge on any atom is -0.497 e. The fourth-order valence-corrected chi connectivity index (χ4v) is 2.34. The van der Waals surface area contributed by atoms with Gasteiger partial charge >= 0.3 is 5.97 Å². The highest BCUT2D eigenvalue weighted by Crippen LogP contribution is 2.21. The summed E-state index contributed by atoms with van der Waals surface area (Å²) < 4.78 is 20.8. The van der Waals surface area contributed by atoms with E-state index in [1.54, 1.807) is 49.6 Å². The van der Waals surface area contributed by atoms with Crippen molar-refractivity contribution in [3.05, 3.63) is 53.6 Å². The second kappa shape index (κ2) is 10.2. The van der Waals surface area contributed by atoms with Gasteiger partial charge in [0.2, 0.25) is 0 Å². The largest absolute Gasteiger partial charge is 0.497 e. The molecule has 0 aliphatic carbocycles. The fraction of sp³-hybridized carbons (Fsp3) is 0.300. The van der Waals surface area contributed by atoms with Crippen molar-refractivity contribution >= 4 is 17.6 Å². The van der Waals surface area contributed by atoms with Crippen molar-refractivity contribution in [1.29, 1.82) is 0 Å². The van der Waals surface area contributed by atoms with Gasteiger partial charge < -0.3 is 24.3 Å². The summed E-state index contributed by atoms with van der Waals surface area (Å²) in [4.78, 5) is 24.2. The van der Waals surface area contributed by atoms with Crippen LogP contribution in [0.3, 0.4) is 0 Å². The van der Waals surface area contributed by atoms with Gasteiger partial charge in [0.1, 0.15) is 11.5 Å². The molecule has 0 aromatic heterocycles. The Morgan fingerprint density at radius 2 is 1.85 bits per heavy atom. The Labute approximate surface area is 158 Å². The molecule has 0 atom stereocenters. The van der Waals surface area contributed by atoms with Crippen LogP contribution in [0.2, 0.25) is 0 Å². The molecule has 0 saturated heterocycles. The second-order valence-electron chi connectivity index (χ2n) is 5.52. The number of esters is 1. The number of carbonyl (C=O) groups is 2. The van der Waals surface area contributed by atoms with E-state index in [0.29, 0.717) is 36.0 Å². The predicted molar refractivity (Wildman–Crippen MR) is 100 cm³/mol. The maximum Gasteiger partial charge on any atom is 0.338 e. The van der Waals surface area contributed by atoms with Crippen molar-refractivity contribution in [1.82, 2.24) is 0 Å². The Balaban J connectivity index is 1.95. The van der Waals surface area contributed by atoms with E-state index in [1.165, 1.54) is 7.11 Å². The molecule has 1 N–H and O–H groups in total. The summed E-state index contributed by atoms with van der Waals surface area (Å²) in [5.74, 6) is 0.191. The fourth-order valence-electron chi connectivity index (χ4n) is 2.34. The van der Waals surface area contributed by atoms with E-state index in [4.69, 9.17) is 18.9 Å². The third-order valence-corrected chi connectivity index (χ3v) is 3.67. The van der Waals surface area contributed by atoms with Crippen molar-refractivity contribution in [2.75, 3.05) is 32.8 Å². The van der Waals surface area contributed by atoms with E-state index < -0.39 is 18.5 Å². The number of hydrogen-bond acceptors (Lipinski definition) is 6. The van der Waals surface area contributed by atoms with Crippen molar-refractivity contribution in [3.8, 4) is 11.5 Å². The lowest BCUT2D eigenvalue weighted by molar-refractivity contribution is -0.119. The Hall–Kier alpha value is -3.06. The molecule has 27 heavy (non-hydrogen) atoms. The summed E-state index contributed by atoms with van der Waals surface area (Å²) in [5.41, 5.74) is 1.60. The van der Waals surface area contributed by atoms with Crippen molar-refractivity contribution in [2.45, 2.75) is 13.5 Å². The molecule has 2 aromatic carbocycles. The number of rotatable bonds is 9. The van der Waals surface area contributed by atoms with Crippen LogP contribution >= 0.6 is 0 Å². The first-order chi connectivity index (χ1) is 13.1. The van der Waals surface area contributed by atoms with Crippen LogP contribution < -0.4 is 14.8 Å². The monoisotopic (exact) mass is 373 g/mol. The van der Waals surface area contributed by atoms with Gasteiger partial charge in [0.25, 0.3) is 5.91 Å². The van der Waals surface area contributed by atoms with Crippen LogP contribution in [0.15, 0.2) is 42.5 Å². The molecule has 1 amide bonds. The molecular formula is C20H23NO6. The molecule has 0 unspecified atom stereocenters. The number of nitrogens with one attached hydrogen (secondary N) is 1. The molecule has 7 nitrogen and oxygen atoms in total. The zero-order valence-electron chi connectivity index (χ0n) is 15.6.